The number of hydrogen-bond acceptors (Lipinski definition) is 1. The van der Waals surface area contributed by atoms with Gasteiger partial charge in [0.05, 0.1) is 6.20 Å². The van der Waals surface area contributed by atoms with Gasteiger partial charge in [0.25, 0.3) is 0 Å². The molecular formula is C10H9FN2. The van der Waals surface area contributed by atoms with Crippen LogP contribution in [0.1, 0.15) is 5.56 Å². The van der Waals surface area contributed by atoms with Gasteiger partial charge in [-0.2, -0.15) is 5.10 Å². The number of aromatic nitrogens is 2. The van der Waals surface area contributed by atoms with Crippen molar-refractivity contribution in [2.45, 2.75) is 6.92 Å². The van der Waals surface area contributed by atoms with Crippen molar-refractivity contribution >= 4 is 0 Å². The molecular weight excluding hydrogens is 167 g/mol. The highest BCUT2D eigenvalue weighted by Crippen LogP contribution is 2.22. The molecule has 0 bridgehead atoms. The van der Waals surface area contributed by atoms with Gasteiger partial charge in [-0.1, -0.05) is 6.07 Å². The maximum absolute atomic E-state index is 12.8. The normalized spacial score (nSPS) is 10.3. The van der Waals surface area contributed by atoms with E-state index in [0.29, 0.717) is 0 Å². The van der Waals surface area contributed by atoms with Crippen molar-refractivity contribution in [2.75, 3.05) is 0 Å². The zero-order valence-corrected chi connectivity index (χ0v) is 7.21. The minimum atomic E-state index is -0.204. The Morgan fingerprint density at radius 2 is 2.23 bits per heavy atom. The van der Waals surface area contributed by atoms with Crippen LogP contribution in [0.4, 0.5) is 4.39 Å². The molecule has 0 unspecified atom stereocenters. The zero-order valence-electron chi connectivity index (χ0n) is 7.21. The number of benzene rings is 1. The third kappa shape index (κ3) is 1.45. The van der Waals surface area contributed by atoms with Crippen molar-refractivity contribution in [3.8, 4) is 11.1 Å². The van der Waals surface area contributed by atoms with Gasteiger partial charge < -0.3 is 0 Å². The quantitative estimate of drug-likeness (QED) is 0.710. The number of rotatable bonds is 1. The van der Waals surface area contributed by atoms with E-state index < -0.39 is 0 Å². The first-order valence-corrected chi connectivity index (χ1v) is 4.02. The minimum Gasteiger partial charge on any atom is -0.285 e. The first-order chi connectivity index (χ1) is 6.27. The molecule has 1 heterocycles. The van der Waals surface area contributed by atoms with E-state index in [9.17, 15) is 4.39 Å². The molecule has 0 saturated heterocycles. The Hall–Kier alpha value is -1.64. The monoisotopic (exact) mass is 176 g/mol. The second-order valence-electron chi connectivity index (χ2n) is 2.95. The fraction of sp³-hybridized carbons (Fsp3) is 0.100. The Balaban J connectivity index is 2.53. The van der Waals surface area contributed by atoms with Crippen molar-refractivity contribution in [1.29, 1.82) is 0 Å². The molecule has 13 heavy (non-hydrogen) atoms. The fourth-order valence-corrected chi connectivity index (χ4v) is 1.35. The molecule has 0 radical (unpaired) electrons. The summed E-state index contributed by atoms with van der Waals surface area (Å²) in [6.07, 6.45) is 3.51. The van der Waals surface area contributed by atoms with E-state index in [1.165, 1.54) is 12.1 Å². The van der Waals surface area contributed by atoms with Crippen LogP contribution in [-0.4, -0.2) is 10.2 Å². The third-order valence-electron chi connectivity index (χ3n) is 2.00. The summed E-state index contributed by atoms with van der Waals surface area (Å²) in [7, 11) is 0. The largest absolute Gasteiger partial charge is 0.285 e. The van der Waals surface area contributed by atoms with Gasteiger partial charge in [0.15, 0.2) is 0 Å². The molecule has 0 fully saturated rings. The number of H-pyrrole nitrogens is 1. The first kappa shape index (κ1) is 7.98. The average molecular weight is 176 g/mol. The second kappa shape index (κ2) is 3.01. The van der Waals surface area contributed by atoms with Crippen LogP contribution in [0.2, 0.25) is 0 Å². The number of hydrogen-bond donors (Lipinski definition) is 1. The number of aromatic amines is 1. The summed E-state index contributed by atoms with van der Waals surface area (Å²) in [5.74, 6) is -0.204. The lowest BCUT2D eigenvalue weighted by molar-refractivity contribution is 0.627. The maximum atomic E-state index is 12.8. The van der Waals surface area contributed by atoms with Crippen molar-refractivity contribution in [3.63, 3.8) is 0 Å². The Labute approximate surface area is 75.4 Å². The molecule has 0 aliphatic rings. The van der Waals surface area contributed by atoms with Gasteiger partial charge in [0.2, 0.25) is 0 Å². The molecule has 0 saturated carbocycles. The number of halogens is 1. The van der Waals surface area contributed by atoms with E-state index in [4.69, 9.17) is 0 Å². The summed E-state index contributed by atoms with van der Waals surface area (Å²) < 4.78 is 12.8. The first-order valence-electron chi connectivity index (χ1n) is 4.02. The van der Waals surface area contributed by atoms with Gasteiger partial charge in [-0.25, -0.2) is 4.39 Å². The van der Waals surface area contributed by atoms with Gasteiger partial charge in [-0.15, -0.1) is 0 Å². The number of nitrogens with one attached hydrogen (secondary N) is 1. The van der Waals surface area contributed by atoms with Crippen LogP contribution in [-0.2, 0) is 0 Å². The second-order valence-corrected chi connectivity index (χ2v) is 2.95. The highest BCUT2D eigenvalue weighted by atomic mass is 19.1. The molecule has 0 atom stereocenters. The Bertz CT molecular complexity index is 407. The van der Waals surface area contributed by atoms with E-state index in [2.05, 4.69) is 10.2 Å². The lowest BCUT2D eigenvalue weighted by atomic mass is 10.0. The Kier molecular flexibility index (Phi) is 1.85. The van der Waals surface area contributed by atoms with Crippen LogP contribution < -0.4 is 0 Å². The van der Waals surface area contributed by atoms with Gasteiger partial charge in [0.1, 0.15) is 5.82 Å². The van der Waals surface area contributed by atoms with Crippen molar-refractivity contribution in [1.82, 2.24) is 10.2 Å². The van der Waals surface area contributed by atoms with E-state index in [1.54, 1.807) is 18.5 Å². The van der Waals surface area contributed by atoms with Crippen LogP contribution in [0.15, 0.2) is 30.6 Å². The van der Waals surface area contributed by atoms with Crippen molar-refractivity contribution < 1.29 is 4.39 Å². The molecule has 1 aromatic carbocycles. The summed E-state index contributed by atoms with van der Waals surface area (Å²) in [5.41, 5.74) is 2.91. The lowest BCUT2D eigenvalue weighted by Gasteiger charge is -2.01. The van der Waals surface area contributed by atoms with Crippen LogP contribution in [0.25, 0.3) is 11.1 Å². The van der Waals surface area contributed by atoms with E-state index in [-0.39, 0.29) is 5.82 Å². The summed E-state index contributed by atoms with van der Waals surface area (Å²) in [4.78, 5) is 0. The van der Waals surface area contributed by atoms with E-state index in [1.807, 2.05) is 6.92 Å². The molecule has 2 nitrogen and oxygen atoms in total. The molecule has 2 aromatic rings. The molecule has 66 valence electrons. The van der Waals surface area contributed by atoms with Crippen molar-refractivity contribution in [3.05, 3.63) is 42.0 Å². The topological polar surface area (TPSA) is 28.7 Å². The zero-order chi connectivity index (χ0) is 9.26. The minimum absolute atomic E-state index is 0.204. The predicted octanol–water partition coefficient (Wildman–Crippen LogP) is 2.52. The highest BCUT2D eigenvalue weighted by Gasteiger charge is 2.02. The van der Waals surface area contributed by atoms with Gasteiger partial charge in [-0.05, 0) is 30.2 Å². The predicted molar refractivity (Wildman–Crippen MR) is 48.7 cm³/mol. The smallest absolute Gasteiger partial charge is 0.123 e. The van der Waals surface area contributed by atoms with Crippen molar-refractivity contribution in [2.24, 2.45) is 0 Å². The third-order valence-corrected chi connectivity index (χ3v) is 2.00. The van der Waals surface area contributed by atoms with E-state index in [0.717, 1.165) is 16.7 Å². The molecule has 1 aromatic heterocycles. The van der Waals surface area contributed by atoms with E-state index >= 15 is 0 Å². The summed E-state index contributed by atoms with van der Waals surface area (Å²) >= 11 is 0. The summed E-state index contributed by atoms with van der Waals surface area (Å²) in [6.45, 7) is 1.88. The molecule has 0 aliphatic carbocycles. The summed E-state index contributed by atoms with van der Waals surface area (Å²) in [5, 5.41) is 6.57. The van der Waals surface area contributed by atoms with Crippen LogP contribution >= 0.6 is 0 Å². The number of aryl methyl sites for hydroxylation is 1. The van der Waals surface area contributed by atoms with Gasteiger partial charge in [-0.3, -0.25) is 5.10 Å². The molecule has 3 heteroatoms. The lowest BCUT2D eigenvalue weighted by Crippen LogP contribution is -1.82. The maximum Gasteiger partial charge on any atom is 0.123 e. The Morgan fingerprint density at radius 1 is 1.38 bits per heavy atom. The SMILES string of the molecule is Cc1cc(F)ccc1-c1cn[nH]c1. The highest BCUT2D eigenvalue weighted by molar-refractivity contribution is 5.65. The standard InChI is InChI=1S/C10H9FN2/c1-7-4-9(11)2-3-10(7)8-5-12-13-6-8/h2-6H,1H3,(H,12,13). The molecule has 2 rings (SSSR count). The average Bonchev–Trinajstić information content (AvgIpc) is 2.56. The van der Waals surface area contributed by atoms with Crippen LogP contribution in [0.5, 0.6) is 0 Å². The van der Waals surface area contributed by atoms with Gasteiger partial charge in [0, 0.05) is 11.8 Å². The van der Waals surface area contributed by atoms with Crippen LogP contribution in [0, 0.1) is 12.7 Å². The molecule has 0 aliphatic heterocycles. The molecule has 0 amide bonds. The fourth-order valence-electron chi connectivity index (χ4n) is 1.35. The van der Waals surface area contributed by atoms with Crippen LogP contribution in [0.3, 0.4) is 0 Å². The van der Waals surface area contributed by atoms with Gasteiger partial charge >= 0.3 is 0 Å². The molecule has 1 N–H and O–H groups in total. The summed E-state index contributed by atoms with van der Waals surface area (Å²) in [6, 6.07) is 4.73. The Morgan fingerprint density at radius 3 is 2.85 bits per heavy atom. The number of nitrogens with zero attached hydrogens (tertiary/aromatic N) is 1. The molecule has 0 spiro atoms.